The van der Waals surface area contributed by atoms with Gasteiger partial charge in [0, 0.05) is 39.9 Å². The van der Waals surface area contributed by atoms with E-state index in [2.05, 4.69) is 0 Å². The Morgan fingerprint density at radius 3 is 1.50 bits per heavy atom. The normalized spacial score (nSPS) is 14.8. The maximum atomic E-state index is 14.9. The summed E-state index contributed by atoms with van der Waals surface area (Å²) in [5.41, 5.74) is 2.23. The Morgan fingerprint density at radius 2 is 1.05 bits per heavy atom. The number of benzene rings is 3. The lowest BCUT2D eigenvalue weighted by molar-refractivity contribution is 0.319. The number of hydrogen-bond acceptors (Lipinski definition) is 6. The van der Waals surface area contributed by atoms with E-state index in [9.17, 15) is 22.0 Å². The number of ether oxygens (including phenoxy) is 6. The molecule has 0 saturated heterocycles. The topological polar surface area (TPSA) is 55.4 Å². The van der Waals surface area contributed by atoms with Crippen molar-refractivity contribution < 1.29 is 50.4 Å². The number of methoxy groups -OCH3 is 6. The number of hydrogen-bond donors (Lipinski definition) is 0. The maximum absolute atomic E-state index is 14.9. The van der Waals surface area contributed by atoms with Crippen molar-refractivity contribution in [2.24, 2.45) is 0 Å². The summed E-state index contributed by atoms with van der Waals surface area (Å²) in [6.07, 6.45) is 0.484. The van der Waals surface area contributed by atoms with Crippen molar-refractivity contribution in [2.75, 3.05) is 42.7 Å². The molecule has 0 bridgehead atoms. The van der Waals surface area contributed by atoms with Crippen molar-refractivity contribution in [2.45, 2.75) is 26.2 Å². The summed E-state index contributed by atoms with van der Waals surface area (Å²) >= 11 is 0. The van der Waals surface area contributed by atoms with Gasteiger partial charge in [-0.1, -0.05) is 9.24 Å². The van der Waals surface area contributed by atoms with Crippen molar-refractivity contribution in [3.63, 3.8) is 0 Å². The second kappa shape index (κ2) is 12.9. The van der Waals surface area contributed by atoms with Crippen LogP contribution >= 0.6 is 9.24 Å². The molecular weight excluding hydrogens is 606 g/mol. The third kappa shape index (κ3) is 5.21. The van der Waals surface area contributed by atoms with Gasteiger partial charge in [0.1, 0.15) is 17.5 Å². The van der Waals surface area contributed by atoms with E-state index in [1.165, 1.54) is 42.7 Å². The summed E-state index contributed by atoms with van der Waals surface area (Å²) in [5.74, 6) is -6.03. The lowest BCUT2D eigenvalue weighted by Gasteiger charge is -2.29. The van der Waals surface area contributed by atoms with E-state index in [0.29, 0.717) is 27.8 Å². The van der Waals surface area contributed by atoms with E-state index in [1.54, 1.807) is 13.8 Å². The molecule has 1 aliphatic rings. The van der Waals surface area contributed by atoms with Gasteiger partial charge in [-0.05, 0) is 48.7 Å². The molecule has 0 amide bonds. The molecule has 0 spiro atoms. The number of halogens is 5. The summed E-state index contributed by atoms with van der Waals surface area (Å²) < 4.78 is 107. The molecule has 3 aromatic carbocycles. The summed E-state index contributed by atoms with van der Waals surface area (Å²) in [7, 11) is 10.3. The molecule has 4 rings (SSSR count). The highest BCUT2D eigenvalue weighted by Gasteiger charge is 2.36. The Bertz CT molecular complexity index is 1680. The standard InChI is InChI=1S/C32H32F5O6P/c1-13-21(15-9-17(33)25(37)18(34)10-15)26(38-3)30(42-7)28(40-5)23(13)24-14(2)22(16-11-19(35)32(44)20(36)12-16)27(39-4)31(43-8)29(24)41-6/h9,11-12,15H,10,44H2,1-8H3. The van der Waals surface area contributed by atoms with Gasteiger partial charge in [-0.15, -0.1) is 0 Å². The molecule has 44 heavy (non-hydrogen) atoms. The van der Waals surface area contributed by atoms with E-state index in [0.717, 1.165) is 18.2 Å². The average Bonchev–Trinajstić information content (AvgIpc) is 3.00. The van der Waals surface area contributed by atoms with Crippen molar-refractivity contribution in [1.29, 1.82) is 0 Å². The molecular formula is C32H32F5O6P. The van der Waals surface area contributed by atoms with E-state index in [4.69, 9.17) is 28.4 Å². The van der Waals surface area contributed by atoms with Crippen LogP contribution in [0.25, 0.3) is 22.3 Å². The van der Waals surface area contributed by atoms with Crippen LogP contribution < -0.4 is 33.7 Å². The third-order valence-corrected chi connectivity index (χ3v) is 8.24. The number of allylic oxidation sites excluding steroid dienone is 4. The molecule has 0 heterocycles. The molecule has 2 atom stereocenters. The summed E-state index contributed by atoms with van der Waals surface area (Å²) in [6.45, 7) is 3.36. The first-order valence-corrected chi connectivity index (χ1v) is 13.8. The Hall–Kier alpha value is -3.98. The smallest absolute Gasteiger partial charge is 0.204 e. The van der Waals surface area contributed by atoms with Crippen LogP contribution in [0.4, 0.5) is 22.0 Å². The van der Waals surface area contributed by atoms with Crippen molar-refractivity contribution in [3.8, 4) is 56.8 Å². The van der Waals surface area contributed by atoms with E-state index >= 15 is 0 Å². The predicted octanol–water partition coefficient (Wildman–Crippen LogP) is 7.96. The molecule has 3 aromatic rings. The molecule has 12 heteroatoms. The van der Waals surface area contributed by atoms with Gasteiger partial charge in [0.2, 0.25) is 11.5 Å². The van der Waals surface area contributed by atoms with Gasteiger partial charge in [-0.2, -0.15) is 0 Å². The van der Waals surface area contributed by atoms with Gasteiger partial charge >= 0.3 is 0 Å². The Balaban J connectivity index is 2.25. The first kappa shape index (κ1) is 32.9. The zero-order valence-electron chi connectivity index (χ0n) is 25.4. The van der Waals surface area contributed by atoms with Crippen LogP contribution in [0.15, 0.2) is 35.7 Å². The van der Waals surface area contributed by atoms with Gasteiger partial charge < -0.3 is 28.4 Å². The molecule has 0 aliphatic heterocycles. The van der Waals surface area contributed by atoms with Crippen LogP contribution in [0.1, 0.15) is 29.0 Å². The minimum atomic E-state index is -1.56. The quantitative estimate of drug-likeness (QED) is 0.175. The molecule has 2 unspecified atom stereocenters. The fraction of sp³-hybridized carbons (Fsp3) is 0.312. The van der Waals surface area contributed by atoms with Crippen LogP contribution in [0, 0.1) is 25.5 Å². The predicted molar refractivity (Wildman–Crippen MR) is 161 cm³/mol. The molecule has 236 valence electrons. The Labute approximate surface area is 254 Å². The second-order valence-corrected chi connectivity index (χ2v) is 10.5. The van der Waals surface area contributed by atoms with Crippen LogP contribution in [0.5, 0.6) is 34.5 Å². The summed E-state index contributed by atoms with van der Waals surface area (Å²) in [6, 6.07) is 2.32. The van der Waals surface area contributed by atoms with E-state index in [-0.39, 0.29) is 50.9 Å². The van der Waals surface area contributed by atoms with Gasteiger partial charge in [-0.25, -0.2) is 22.0 Å². The van der Waals surface area contributed by atoms with Crippen molar-refractivity contribution in [3.05, 3.63) is 64.0 Å². The average molecular weight is 639 g/mol. The SMILES string of the molecule is COc1c(OC)c(-c2cc(F)c(P)c(F)c2)c(C)c(-c2c(C)c(C3C=C(F)C(F)=C(F)C3)c(OC)c(OC)c2OC)c1OC. The zero-order chi connectivity index (χ0) is 32.6. The van der Waals surface area contributed by atoms with Crippen molar-refractivity contribution in [1.82, 2.24) is 0 Å². The van der Waals surface area contributed by atoms with Crippen LogP contribution in [-0.4, -0.2) is 42.7 Å². The fourth-order valence-electron chi connectivity index (χ4n) is 5.80. The molecule has 1 aliphatic carbocycles. The van der Waals surface area contributed by atoms with Gasteiger partial charge in [-0.3, -0.25) is 0 Å². The largest absolute Gasteiger partial charge is 0.492 e. The first-order valence-electron chi connectivity index (χ1n) is 13.2. The minimum Gasteiger partial charge on any atom is -0.492 e. The number of rotatable bonds is 9. The van der Waals surface area contributed by atoms with Gasteiger partial charge in [0.15, 0.2) is 34.7 Å². The second-order valence-electron chi connectivity index (χ2n) is 9.89. The molecule has 0 fully saturated rings. The highest BCUT2D eigenvalue weighted by atomic mass is 31.0. The molecule has 6 nitrogen and oxygen atoms in total. The summed E-state index contributed by atoms with van der Waals surface area (Å²) in [4.78, 5) is 0. The molecule has 0 N–H and O–H groups in total. The lowest BCUT2D eigenvalue weighted by Crippen LogP contribution is -2.11. The van der Waals surface area contributed by atoms with Crippen LogP contribution in [0.3, 0.4) is 0 Å². The summed E-state index contributed by atoms with van der Waals surface area (Å²) in [5, 5.41) is -0.237. The van der Waals surface area contributed by atoms with E-state index in [1.807, 2.05) is 9.24 Å². The lowest BCUT2D eigenvalue weighted by atomic mass is 9.81. The van der Waals surface area contributed by atoms with Crippen molar-refractivity contribution >= 4 is 14.5 Å². The van der Waals surface area contributed by atoms with Crippen LogP contribution in [-0.2, 0) is 0 Å². The minimum absolute atomic E-state index is 0.0806. The van der Waals surface area contributed by atoms with Crippen LogP contribution in [0.2, 0.25) is 0 Å². The highest BCUT2D eigenvalue weighted by molar-refractivity contribution is 7.27. The Morgan fingerprint density at radius 1 is 0.614 bits per heavy atom. The highest BCUT2D eigenvalue weighted by Crippen LogP contribution is 2.59. The molecule has 0 saturated carbocycles. The zero-order valence-corrected chi connectivity index (χ0v) is 26.6. The fourth-order valence-corrected chi connectivity index (χ4v) is 5.97. The van der Waals surface area contributed by atoms with Gasteiger partial charge in [0.05, 0.1) is 42.7 Å². The van der Waals surface area contributed by atoms with Gasteiger partial charge in [0.25, 0.3) is 0 Å². The molecule has 0 aromatic heterocycles. The Kier molecular flexibility index (Phi) is 9.68. The molecule has 0 radical (unpaired) electrons. The van der Waals surface area contributed by atoms with E-state index < -0.39 is 41.5 Å². The first-order chi connectivity index (χ1) is 20.9. The monoisotopic (exact) mass is 638 g/mol. The third-order valence-electron chi connectivity index (χ3n) is 7.69. The maximum Gasteiger partial charge on any atom is 0.204 e.